The van der Waals surface area contributed by atoms with Gasteiger partial charge in [-0.15, -0.1) is 0 Å². The molecule has 0 heterocycles. The summed E-state index contributed by atoms with van der Waals surface area (Å²) in [5.74, 6) is 2.00. The van der Waals surface area contributed by atoms with Gasteiger partial charge in [-0.25, -0.2) is 0 Å². The van der Waals surface area contributed by atoms with Crippen LogP contribution in [-0.2, 0) is 21.3 Å². The fourth-order valence-electron chi connectivity index (χ4n) is 2.16. The first-order valence-electron chi connectivity index (χ1n) is 9.25. The monoisotopic (exact) mass is 367 g/mol. The minimum absolute atomic E-state index is 0.602. The minimum Gasteiger partial charge on any atom is -0.381 e. The van der Waals surface area contributed by atoms with Crippen molar-refractivity contribution in [1.82, 2.24) is 10.6 Å². The van der Waals surface area contributed by atoms with Crippen LogP contribution in [0.3, 0.4) is 0 Å². The van der Waals surface area contributed by atoms with Crippen LogP contribution in [0.25, 0.3) is 0 Å². The van der Waals surface area contributed by atoms with Crippen LogP contribution in [0.5, 0.6) is 0 Å². The van der Waals surface area contributed by atoms with Crippen LogP contribution in [-0.4, -0.2) is 48.8 Å². The van der Waals surface area contributed by atoms with E-state index in [1.165, 1.54) is 0 Å². The number of guanidine groups is 1. The van der Waals surface area contributed by atoms with Crippen molar-refractivity contribution >= 4 is 16.8 Å². The lowest BCUT2D eigenvalue weighted by atomic mass is 10.2. The molecule has 1 unspecified atom stereocenters. The van der Waals surface area contributed by atoms with Gasteiger partial charge in [0.05, 0.1) is 0 Å². The van der Waals surface area contributed by atoms with Crippen molar-refractivity contribution in [1.29, 1.82) is 0 Å². The Morgan fingerprint density at radius 3 is 2.60 bits per heavy atom. The van der Waals surface area contributed by atoms with Crippen molar-refractivity contribution in [2.75, 3.05) is 38.6 Å². The Morgan fingerprint density at radius 2 is 1.88 bits per heavy atom. The SMILES string of the molecule is CCCCOCCCN=C(NCC)NCCS(=O)Cc1ccccc1. The summed E-state index contributed by atoms with van der Waals surface area (Å²) < 4.78 is 17.7. The van der Waals surface area contributed by atoms with Crippen LogP contribution in [0.4, 0.5) is 0 Å². The second kappa shape index (κ2) is 14.9. The van der Waals surface area contributed by atoms with E-state index >= 15 is 0 Å². The maximum atomic E-state index is 12.1. The van der Waals surface area contributed by atoms with E-state index in [0.29, 0.717) is 18.1 Å². The van der Waals surface area contributed by atoms with Crippen molar-refractivity contribution in [3.63, 3.8) is 0 Å². The predicted molar refractivity (Wildman–Crippen MR) is 107 cm³/mol. The Hall–Kier alpha value is -1.40. The molecule has 1 aromatic carbocycles. The van der Waals surface area contributed by atoms with Gasteiger partial charge in [0.2, 0.25) is 0 Å². The second-order valence-electron chi connectivity index (χ2n) is 5.78. The zero-order valence-electron chi connectivity index (χ0n) is 15.6. The first kappa shape index (κ1) is 21.6. The summed E-state index contributed by atoms with van der Waals surface area (Å²) in [7, 11) is -0.869. The van der Waals surface area contributed by atoms with E-state index in [4.69, 9.17) is 4.74 Å². The average molecular weight is 368 g/mol. The van der Waals surface area contributed by atoms with E-state index in [-0.39, 0.29) is 0 Å². The molecule has 25 heavy (non-hydrogen) atoms. The lowest BCUT2D eigenvalue weighted by molar-refractivity contribution is 0.130. The highest BCUT2D eigenvalue weighted by atomic mass is 32.2. The van der Waals surface area contributed by atoms with Crippen LogP contribution in [0, 0.1) is 0 Å². The van der Waals surface area contributed by atoms with Crippen LogP contribution >= 0.6 is 0 Å². The largest absolute Gasteiger partial charge is 0.381 e. The predicted octanol–water partition coefficient (Wildman–Crippen LogP) is 2.70. The quantitative estimate of drug-likeness (QED) is 0.320. The number of aliphatic imine (C=N–C) groups is 1. The molecule has 1 rings (SSSR count). The molecule has 6 heteroatoms. The number of nitrogens with zero attached hydrogens (tertiary/aromatic N) is 1. The highest BCUT2D eigenvalue weighted by Gasteiger charge is 2.03. The van der Waals surface area contributed by atoms with Crippen LogP contribution in [0.15, 0.2) is 35.3 Å². The molecule has 0 aromatic heterocycles. The molecule has 0 radical (unpaired) electrons. The van der Waals surface area contributed by atoms with E-state index in [0.717, 1.165) is 57.1 Å². The normalized spacial score (nSPS) is 12.8. The number of rotatable bonds is 13. The van der Waals surface area contributed by atoms with Gasteiger partial charge < -0.3 is 15.4 Å². The van der Waals surface area contributed by atoms with Crippen molar-refractivity contribution < 1.29 is 8.95 Å². The third-order valence-electron chi connectivity index (χ3n) is 3.50. The molecule has 5 nitrogen and oxygen atoms in total. The summed E-state index contributed by atoms with van der Waals surface area (Å²) >= 11 is 0. The van der Waals surface area contributed by atoms with E-state index in [2.05, 4.69) is 22.5 Å². The highest BCUT2D eigenvalue weighted by Crippen LogP contribution is 2.02. The van der Waals surface area contributed by atoms with Crippen molar-refractivity contribution in [2.24, 2.45) is 4.99 Å². The summed E-state index contributed by atoms with van der Waals surface area (Å²) in [6.07, 6.45) is 3.20. The standard InChI is InChI=1S/C19H33N3O2S/c1-3-5-14-24-15-9-12-21-19(20-4-2)22-13-16-25(23)17-18-10-7-6-8-11-18/h6-8,10-11H,3-5,9,12-17H2,1-2H3,(H2,20,21,22). The van der Waals surface area contributed by atoms with Gasteiger partial charge in [-0.3, -0.25) is 9.20 Å². The number of hydrogen-bond acceptors (Lipinski definition) is 3. The molecule has 0 saturated heterocycles. The van der Waals surface area contributed by atoms with Gasteiger partial charge in [-0.1, -0.05) is 43.7 Å². The fourth-order valence-corrected chi connectivity index (χ4v) is 3.20. The highest BCUT2D eigenvalue weighted by molar-refractivity contribution is 7.84. The molecule has 142 valence electrons. The number of benzene rings is 1. The van der Waals surface area contributed by atoms with Gasteiger partial charge >= 0.3 is 0 Å². The first-order chi connectivity index (χ1) is 12.3. The Bertz CT molecular complexity index is 495. The number of nitrogens with one attached hydrogen (secondary N) is 2. The Kier molecular flexibility index (Phi) is 12.9. The molecule has 0 fully saturated rings. The van der Waals surface area contributed by atoms with E-state index in [1.54, 1.807) is 0 Å². The van der Waals surface area contributed by atoms with Gasteiger partial charge in [-0.2, -0.15) is 0 Å². The number of ether oxygens (including phenoxy) is 1. The molecule has 0 aliphatic carbocycles. The Labute approximate surface area is 155 Å². The molecular formula is C19H33N3O2S. The second-order valence-corrected chi connectivity index (χ2v) is 7.36. The zero-order valence-corrected chi connectivity index (χ0v) is 16.4. The smallest absolute Gasteiger partial charge is 0.191 e. The van der Waals surface area contributed by atoms with E-state index in [9.17, 15) is 4.21 Å². The van der Waals surface area contributed by atoms with Crippen molar-refractivity contribution in [3.05, 3.63) is 35.9 Å². The Morgan fingerprint density at radius 1 is 1.12 bits per heavy atom. The summed E-state index contributed by atoms with van der Waals surface area (Å²) in [6, 6.07) is 9.96. The number of hydrogen-bond donors (Lipinski definition) is 2. The van der Waals surface area contributed by atoms with Crippen LogP contribution in [0.1, 0.15) is 38.7 Å². The van der Waals surface area contributed by atoms with Crippen LogP contribution < -0.4 is 10.6 Å². The zero-order chi connectivity index (χ0) is 18.2. The lowest BCUT2D eigenvalue weighted by Crippen LogP contribution is -2.39. The summed E-state index contributed by atoms with van der Waals surface area (Å²) in [4.78, 5) is 4.53. The first-order valence-corrected chi connectivity index (χ1v) is 10.7. The molecule has 0 saturated carbocycles. The van der Waals surface area contributed by atoms with E-state index < -0.39 is 10.8 Å². The topological polar surface area (TPSA) is 62.7 Å². The number of unbranched alkanes of at least 4 members (excludes halogenated alkanes) is 1. The maximum absolute atomic E-state index is 12.1. The molecule has 0 aliphatic heterocycles. The molecule has 0 aliphatic rings. The van der Waals surface area contributed by atoms with Crippen molar-refractivity contribution in [2.45, 2.75) is 38.9 Å². The van der Waals surface area contributed by atoms with Crippen LogP contribution in [0.2, 0.25) is 0 Å². The van der Waals surface area contributed by atoms with Gasteiger partial charge in [0.25, 0.3) is 0 Å². The van der Waals surface area contributed by atoms with Gasteiger partial charge in [-0.05, 0) is 25.3 Å². The van der Waals surface area contributed by atoms with E-state index in [1.807, 2.05) is 37.3 Å². The lowest BCUT2D eigenvalue weighted by Gasteiger charge is -2.11. The van der Waals surface area contributed by atoms with Gasteiger partial charge in [0, 0.05) is 55.2 Å². The fraction of sp³-hybridized carbons (Fsp3) is 0.632. The van der Waals surface area contributed by atoms with Gasteiger partial charge in [0.1, 0.15) is 0 Å². The summed E-state index contributed by atoms with van der Waals surface area (Å²) in [5.41, 5.74) is 1.12. The molecule has 0 amide bonds. The average Bonchev–Trinajstić information content (AvgIpc) is 2.61. The third-order valence-corrected chi connectivity index (χ3v) is 4.81. The Balaban J connectivity index is 2.20. The molecule has 1 aromatic rings. The maximum Gasteiger partial charge on any atom is 0.191 e. The van der Waals surface area contributed by atoms with Crippen molar-refractivity contribution in [3.8, 4) is 0 Å². The molecule has 0 spiro atoms. The summed E-state index contributed by atoms with van der Waals surface area (Å²) in [6.45, 7) is 7.99. The molecule has 1 atom stereocenters. The molecular weight excluding hydrogens is 334 g/mol. The molecule has 2 N–H and O–H groups in total. The molecule has 0 bridgehead atoms. The minimum atomic E-state index is -0.869. The third kappa shape index (κ3) is 11.7. The van der Waals surface area contributed by atoms with Gasteiger partial charge in [0.15, 0.2) is 5.96 Å². The summed E-state index contributed by atoms with van der Waals surface area (Å²) in [5, 5.41) is 6.47.